The third-order valence-corrected chi connectivity index (χ3v) is 10.5. The Kier molecular flexibility index (Phi) is 6.57. The number of rotatable bonds is 5. The lowest BCUT2D eigenvalue weighted by atomic mass is 10.1. The van der Waals surface area contributed by atoms with Crippen LogP contribution < -0.4 is 4.80 Å². The van der Waals surface area contributed by atoms with Crippen LogP contribution in [0.1, 0.15) is 41.0 Å². The molecule has 2 aromatic carbocycles. The number of aromatic nitrogens is 1. The van der Waals surface area contributed by atoms with Gasteiger partial charge in [-0.25, -0.2) is 13.2 Å². The van der Waals surface area contributed by atoms with E-state index in [1.165, 1.54) is 11.3 Å². The van der Waals surface area contributed by atoms with Gasteiger partial charge in [-0.3, -0.25) is 9.79 Å². The number of thiazole rings is 1. The standard InChI is InChI=1S/C25H28ClN4O4S2/c1-27-25-28(2)21-16-29(24(32)23(21)35-25)30(11-4-3-5-12-30)22(31)10-13-36(33,34)20-9-7-17-14-19(26)8-6-18(17)15-20/h6-9,14-15H,3-5,10-13,16H2,1-2H3/q+1. The predicted octanol–water partition coefficient (Wildman–Crippen LogP) is 3.69. The van der Waals surface area contributed by atoms with Gasteiger partial charge in [0.05, 0.1) is 22.8 Å². The molecular formula is C25H28ClN4O4S2+. The highest BCUT2D eigenvalue weighted by Gasteiger charge is 2.51. The van der Waals surface area contributed by atoms with E-state index in [-0.39, 0.29) is 33.5 Å². The Hall–Kier alpha value is -2.53. The van der Waals surface area contributed by atoms with Crippen molar-refractivity contribution in [1.29, 1.82) is 0 Å². The molecule has 8 nitrogen and oxygen atoms in total. The molecule has 190 valence electrons. The van der Waals surface area contributed by atoms with Crippen molar-refractivity contribution in [2.75, 3.05) is 25.9 Å². The van der Waals surface area contributed by atoms with Crippen molar-refractivity contribution < 1.29 is 22.6 Å². The summed E-state index contributed by atoms with van der Waals surface area (Å²) in [7, 11) is -0.133. The van der Waals surface area contributed by atoms with Crippen molar-refractivity contribution in [3.63, 3.8) is 0 Å². The Morgan fingerprint density at radius 1 is 1.11 bits per heavy atom. The van der Waals surface area contributed by atoms with Gasteiger partial charge in [0.1, 0.15) is 24.5 Å². The number of piperidine rings is 1. The third kappa shape index (κ3) is 4.19. The minimum Gasteiger partial charge on any atom is -0.321 e. The molecule has 2 amide bonds. The van der Waals surface area contributed by atoms with E-state index in [4.69, 9.17) is 11.6 Å². The first-order chi connectivity index (χ1) is 17.2. The summed E-state index contributed by atoms with van der Waals surface area (Å²) in [6, 6.07) is 10.2. The van der Waals surface area contributed by atoms with E-state index in [2.05, 4.69) is 4.99 Å². The first-order valence-corrected chi connectivity index (χ1v) is 14.8. The quantitative estimate of drug-likeness (QED) is 0.456. The summed E-state index contributed by atoms with van der Waals surface area (Å²) in [4.78, 5) is 33.0. The SMILES string of the molecule is CN=c1sc2c(n1C)CN([N+]1(C(=O)CCS(=O)(=O)c3ccc4cc(Cl)ccc4c3)CCCCC1)C2=O. The van der Waals surface area contributed by atoms with Gasteiger partial charge in [0.2, 0.25) is 0 Å². The lowest BCUT2D eigenvalue weighted by Crippen LogP contribution is -2.66. The first kappa shape index (κ1) is 25.1. The number of hydrogen-bond donors (Lipinski definition) is 0. The van der Waals surface area contributed by atoms with Gasteiger partial charge in [0.25, 0.3) is 0 Å². The van der Waals surface area contributed by atoms with Gasteiger partial charge in [0, 0.05) is 19.1 Å². The molecule has 0 radical (unpaired) electrons. The van der Waals surface area contributed by atoms with Crippen molar-refractivity contribution in [2.45, 2.75) is 37.1 Å². The van der Waals surface area contributed by atoms with E-state index in [0.717, 1.165) is 40.5 Å². The summed E-state index contributed by atoms with van der Waals surface area (Å²) in [6.07, 6.45) is 2.46. The van der Waals surface area contributed by atoms with E-state index < -0.39 is 9.84 Å². The number of quaternary nitrogens is 1. The van der Waals surface area contributed by atoms with Gasteiger partial charge in [-0.1, -0.05) is 35.1 Å². The number of amides is 2. The average Bonchev–Trinajstić information content (AvgIpc) is 3.38. The van der Waals surface area contributed by atoms with Crippen molar-refractivity contribution in [2.24, 2.45) is 12.0 Å². The number of likely N-dealkylation sites (tertiary alicyclic amines) is 1. The number of hydrogen-bond acceptors (Lipinski definition) is 6. The zero-order valence-electron chi connectivity index (χ0n) is 20.2. The zero-order valence-corrected chi connectivity index (χ0v) is 22.6. The average molecular weight is 548 g/mol. The van der Waals surface area contributed by atoms with Gasteiger partial charge in [-0.2, -0.15) is 9.60 Å². The summed E-state index contributed by atoms with van der Waals surface area (Å²) in [6.45, 7) is 1.33. The van der Waals surface area contributed by atoms with Crippen LogP contribution in [0, 0.1) is 0 Å². The van der Waals surface area contributed by atoms with Gasteiger partial charge in [-0.15, -0.1) is 0 Å². The zero-order chi connectivity index (χ0) is 25.7. The summed E-state index contributed by atoms with van der Waals surface area (Å²) in [5, 5.41) is 3.85. The van der Waals surface area contributed by atoms with E-state index in [9.17, 15) is 18.0 Å². The second-order valence-electron chi connectivity index (χ2n) is 9.35. The third-order valence-electron chi connectivity index (χ3n) is 7.27. The lowest BCUT2D eigenvalue weighted by molar-refractivity contribution is -0.961. The van der Waals surface area contributed by atoms with Gasteiger partial charge in [-0.05, 0) is 54.3 Å². The molecule has 2 aliphatic heterocycles. The number of carbonyl (C=O) groups is 2. The molecule has 1 aromatic heterocycles. The molecular weight excluding hydrogens is 520 g/mol. The molecule has 3 aromatic rings. The van der Waals surface area contributed by atoms with E-state index in [0.29, 0.717) is 29.5 Å². The normalized spacial score (nSPS) is 18.1. The van der Waals surface area contributed by atoms with Crippen LogP contribution in [0.25, 0.3) is 10.8 Å². The molecule has 1 saturated heterocycles. The maximum atomic E-state index is 13.7. The lowest BCUT2D eigenvalue weighted by Gasteiger charge is -2.43. The highest BCUT2D eigenvalue weighted by Crippen LogP contribution is 2.34. The summed E-state index contributed by atoms with van der Waals surface area (Å²) >= 11 is 7.37. The molecule has 36 heavy (non-hydrogen) atoms. The molecule has 11 heteroatoms. The number of halogens is 1. The predicted molar refractivity (Wildman–Crippen MR) is 139 cm³/mol. The molecule has 2 aliphatic rings. The fraction of sp³-hybridized carbons (Fsp3) is 0.400. The Morgan fingerprint density at radius 2 is 1.81 bits per heavy atom. The first-order valence-electron chi connectivity index (χ1n) is 11.9. The Labute approximate surface area is 218 Å². The molecule has 5 rings (SSSR count). The Balaban J connectivity index is 1.39. The summed E-state index contributed by atoms with van der Waals surface area (Å²) < 4.78 is 28.2. The molecule has 0 bridgehead atoms. The topological polar surface area (TPSA) is 88.8 Å². The van der Waals surface area contributed by atoms with E-state index in [1.54, 1.807) is 48.5 Å². The van der Waals surface area contributed by atoms with Crippen LogP contribution in [0.15, 0.2) is 46.3 Å². The highest BCUT2D eigenvalue weighted by atomic mass is 35.5. The van der Waals surface area contributed by atoms with E-state index in [1.807, 2.05) is 11.6 Å². The second kappa shape index (κ2) is 9.41. The minimum atomic E-state index is -3.70. The highest BCUT2D eigenvalue weighted by molar-refractivity contribution is 7.91. The van der Waals surface area contributed by atoms with Crippen LogP contribution in [0.2, 0.25) is 5.02 Å². The number of fused-ring (bicyclic) bond motifs is 2. The van der Waals surface area contributed by atoms with Crippen molar-refractivity contribution in [3.8, 4) is 0 Å². The fourth-order valence-corrected chi connectivity index (χ4v) is 7.74. The number of carbonyl (C=O) groups excluding carboxylic acids is 2. The van der Waals surface area contributed by atoms with Crippen LogP contribution in [-0.2, 0) is 28.2 Å². The summed E-state index contributed by atoms with van der Waals surface area (Å²) in [5.74, 6) is -0.703. The second-order valence-corrected chi connectivity index (χ2v) is 12.9. The minimum absolute atomic E-state index is 0.107. The number of sulfone groups is 1. The van der Waals surface area contributed by atoms with Gasteiger partial charge >= 0.3 is 11.8 Å². The van der Waals surface area contributed by atoms with Crippen LogP contribution in [0.3, 0.4) is 0 Å². The van der Waals surface area contributed by atoms with E-state index >= 15 is 0 Å². The maximum Gasteiger partial charge on any atom is 0.339 e. The molecule has 0 spiro atoms. The smallest absolute Gasteiger partial charge is 0.321 e. The number of nitrogens with zero attached hydrogens (tertiary/aromatic N) is 4. The van der Waals surface area contributed by atoms with Gasteiger partial charge in [0.15, 0.2) is 14.6 Å². The van der Waals surface area contributed by atoms with Crippen molar-refractivity contribution in [3.05, 3.63) is 56.8 Å². The van der Waals surface area contributed by atoms with Crippen molar-refractivity contribution >= 4 is 55.4 Å². The monoisotopic (exact) mass is 547 g/mol. The maximum absolute atomic E-state index is 13.7. The molecule has 0 saturated carbocycles. The molecule has 0 atom stereocenters. The van der Waals surface area contributed by atoms with Crippen LogP contribution >= 0.6 is 22.9 Å². The molecule has 0 N–H and O–H groups in total. The van der Waals surface area contributed by atoms with Crippen LogP contribution in [-0.4, -0.2) is 60.3 Å². The molecule has 1 fully saturated rings. The van der Waals surface area contributed by atoms with Crippen LogP contribution in [0.5, 0.6) is 0 Å². The van der Waals surface area contributed by atoms with Gasteiger partial charge < -0.3 is 4.57 Å². The fourth-order valence-electron chi connectivity index (χ4n) is 5.26. The Morgan fingerprint density at radius 3 is 2.50 bits per heavy atom. The number of benzene rings is 2. The largest absolute Gasteiger partial charge is 0.339 e. The summed E-state index contributed by atoms with van der Waals surface area (Å²) in [5.41, 5.74) is 0.852. The molecule has 0 aliphatic carbocycles. The van der Waals surface area contributed by atoms with Crippen LogP contribution in [0.4, 0.5) is 0 Å². The van der Waals surface area contributed by atoms with Crippen molar-refractivity contribution in [1.82, 2.24) is 9.58 Å². The Bertz CT molecular complexity index is 1550. The molecule has 0 unspecified atom stereocenters. The molecule has 3 heterocycles.